The molecule has 1 fully saturated rings. The highest BCUT2D eigenvalue weighted by Crippen LogP contribution is 2.40. The summed E-state index contributed by atoms with van der Waals surface area (Å²) in [4.78, 5) is 14.6. The van der Waals surface area contributed by atoms with Crippen LogP contribution in [0.5, 0.6) is 0 Å². The minimum atomic E-state index is -0.226. The monoisotopic (exact) mass is 335 g/mol. The van der Waals surface area contributed by atoms with Crippen molar-refractivity contribution < 1.29 is 14.3 Å². The van der Waals surface area contributed by atoms with E-state index < -0.39 is 0 Å². The maximum Gasteiger partial charge on any atom is 0.333 e. The second-order valence-corrected chi connectivity index (χ2v) is 7.08. The molecule has 0 amide bonds. The predicted octanol–water partition coefficient (Wildman–Crippen LogP) is 4.07. The Morgan fingerprint density at radius 3 is 2.67 bits per heavy atom. The minimum absolute atomic E-state index is 0.149. The predicted molar refractivity (Wildman–Crippen MR) is 96.6 cm³/mol. The Labute approximate surface area is 146 Å². The molecule has 136 valence electrons. The van der Waals surface area contributed by atoms with Crippen LogP contribution in [0.15, 0.2) is 23.4 Å². The lowest BCUT2D eigenvalue weighted by molar-refractivity contribution is -0.145. The van der Waals surface area contributed by atoms with Gasteiger partial charge in [0.25, 0.3) is 0 Å². The Kier molecular flexibility index (Phi) is 6.13. The number of nitrogens with zero attached hydrogens (tertiary/aromatic N) is 1. The van der Waals surface area contributed by atoms with Crippen molar-refractivity contribution in [3.05, 3.63) is 23.4 Å². The molecule has 0 bridgehead atoms. The number of methoxy groups -OCH3 is 1. The number of likely N-dealkylation sites (tertiary alicyclic amines) is 1. The van der Waals surface area contributed by atoms with Crippen molar-refractivity contribution in [2.45, 2.75) is 78.0 Å². The Hall–Kier alpha value is -1.29. The van der Waals surface area contributed by atoms with Gasteiger partial charge in [0, 0.05) is 31.3 Å². The van der Waals surface area contributed by atoms with Crippen molar-refractivity contribution in [2.75, 3.05) is 13.7 Å². The van der Waals surface area contributed by atoms with E-state index in [1.807, 2.05) is 27.0 Å². The van der Waals surface area contributed by atoms with Crippen LogP contribution >= 0.6 is 0 Å². The van der Waals surface area contributed by atoms with Gasteiger partial charge in [0.2, 0.25) is 0 Å². The van der Waals surface area contributed by atoms with Crippen LogP contribution in [0.1, 0.15) is 60.3 Å². The highest BCUT2D eigenvalue weighted by molar-refractivity contribution is 5.84. The van der Waals surface area contributed by atoms with Crippen molar-refractivity contribution in [2.24, 2.45) is 5.92 Å². The van der Waals surface area contributed by atoms with Gasteiger partial charge in [-0.15, -0.1) is 0 Å². The zero-order valence-electron chi connectivity index (χ0n) is 16.1. The van der Waals surface area contributed by atoms with Gasteiger partial charge in [-0.25, -0.2) is 4.79 Å². The molecule has 0 aromatic heterocycles. The summed E-state index contributed by atoms with van der Waals surface area (Å²) in [5, 5.41) is 0. The largest absolute Gasteiger partial charge is 0.454 e. The minimum Gasteiger partial charge on any atom is -0.454 e. The fourth-order valence-corrected chi connectivity index (χ4v) is 4.43. The molecule has 1 saturated heterocycles. The van der Waals surface area contributed by atoms with Crippen molar-refractivity contribution >= 4 is 5.97 Å². The third kappa shape index (κ3) is 3.26. The summed E-state index contributed by atoms with van der Waals surface area (Å²) in [6.45, 7) is 11.6. The molecule has 3 atom stereocenters. The molecule has 0 aromatic carbocycles. The number of carbonyl (C=O) groups excluding carboxylic acids is 1. The Balaban J connectivity index is 2.36. The van der Waals surface area contributed by atoms with Gasteiger partial charge in [-0.1, -0.05) is 26.8 Å². The van der Waals surface area contributed by atoms with Crippen LogP contribution in [0, 0.1) is 5.92 Å². The molecule has 0 aliphatic carbocycles. The lowest BCUT2D eigenvalue weighted by Crippen LogP contribution is -2.52. The topological polar surface area (TPSA) is 38.8 Å². The molecule has 0 radical (unpaired) electrons. The number of allylic oxidation sites excluding steroid dienone is 1. The van der Waals surface area contributed by atoms with E-state index in [1.165, 1.54) is 0 Å². The Morgan fingerprint density at radius 2 is 2.12 bits per heavy atom. The van der Waals surface area contributed by atoms with Gasteiger partial charge in [-0.3, -0.25) is 0 Å². The number of hydrogen-bond acceptors (Lipinski definition) is 4. The van der Waals surface area contributed by atoms with E-state index >= 15 is 0 Å². The van der Waals surface area contributed by atoms with Gasteiger partial charge in [-0.05, 0) is 45.1 Å². The van der Waals surface area contributed by atoms with Crippen molar-refractivity contribution in [3.8, 4) is 0 Å². The number of rotatable bonds is 6. The number of ether oxygens (including phenoxy) is 2. The third-order valence-corrected chi connectivity index (χ3v) is 6.13. The van der Waals surface area contributed by atoms with E-state index in [2.05, 4.69) is 25.7 Å². The molecule has 0 N–H and O–H groups in total. The van der Waals surface area contributed by atoms with E-state index in [1.54, 1.807) is 6.08 Å². The van der Waals surface area contributed by atoms with Crippen LogP contribution < -0.4 is 0 Å². The summed E-state index contributed by atoms with van der Waals surface area (Å²) in [6.07, 6.45) is 7.79. The second kappa shape index (κ2) is 7.73. The number of esters is 1. The van der Waals surface area contributed by atoms with E-state index in [0.29, 0.717) is 6.04 Å². The molecule has 2 rings (SSSR count). The molecule has 4 heteroatoms. The van der Waals surface area contributed by atoms with Crippen LogP contribution in [0.3, 0.4) is 0 Å². The molecule has 0 unspecified atom stereocenters. The van der Waals surface area contributed by atoms with Gasteiger partial charge in [-0.2, -0.15) is 0 Å². The van der Waals surface area contributed by atoms with Gasteiger partial charge in [0.05, 0.1) is 11.6 Å². The van der Waals surface area contributed by atoms with Gasteiger partial charge in [0.1, 0.15) is 6.10 Å². The molecule has 0 spiro atoms. The number of cyclic esters (lactones) is 1. The smallest absolute Gasteiger partial charge is 0.333 e. The van der Waals surface area contributed by atoms with E-state index in [9.17, 15) is 4.79 Å². The third-order valence-electron chi connectivity index (χ3n) is 6.13. The first kappa shape index (κ1) is 19.0. The molecule has 0 aromatic rings. The molecule has 4 nitrogen and oxygen atoms in total. The van der Waals surface area contributed by atoms with Crippen molar-refractivity contribution in [1.82, 2.24) is 4.90 Å². The Bertz CT molecular complexity index is 511. The zero-order chi connectivity index (χ0) is 17.9. The van der Waals surface area contributed by atoms with Gasteiger partial charge < -0.3 is 14.4 Å². The first-order valence-electron chi connectivity index (χ1n) is 9.30. The highest BCUT2D eigenvalue weighted by atomic mass is 16.5. The summed E-state index contributed by atoms with van der Waals surface area (Å²) in [5.74, 6) is -0.0567. The average Bonchev–Trinajstić information content (AvgIpc) is 3.08. The van der Waals surface area contributed by atoms with E-state index in [-0.39, 0.29) is 23.6 Å². The van der Waals surface area contributed by atoms with Crippen LogP contribution in [0.25, 0.3) is 0 Å². The molecule has 2 heterocycles. The fraction of sp³-hybridized carbons (Fsp3) is 0.750. The normalized spacial score (nSPS) is 28.8. The maximum absolute atomic E-state index is 12.2. The molecule has 0 saturated carbocycles. The first-order valence-corrected chi connectivity index (χ1v) is 9.30. The van der Waals surface area contributed by atoms with E-state index in [4.69, 9.17) is 9.47 Å². The standard InChI is InChI=1S/C20H33NO3/c1-7-14(4)19-15(5)16(13-18(22)24-19)21-12-10-11-17(21)20(8-2,9-3)23-6/h7,13,15,17,19H,8-12H2,1-6H3/b14-7+/t15-,17+,19-/m1/s1. The van der Waals surface area contributed by atoms with E-state index in [0.717, 1.165) is 43.5 Å². The number of carbonyl (C=O) groups is 1. The SMILES string of the molecule is C/C=C(\C)[C@H]1OC(=O)C=C(N2CCC[C@H]2C(CC)(CC)OC)[C@H]1C. The summed E-state index contributed by atoms with van der Waals surface area (Å²) < 4.78 is 11.6. The highest BCUT2D eigenvalue weighted by Gasteiger charge is 2.45. The van der Waals surface area contributed by atoms with Gasteiger partial charge in [0.15, 0.2) is 0 Å². The molecule has 2 aliphatic heterocycles. The first-order chi connectivity index (χ1) is 11.4. The average molecular weight is 335 g/mol. The van der Waals surface area contributed by atoms with Crippen LogP contribution in [-0.2, 0) is 14.3 Å². The van der Waals surface area contributed by atoms with Crippen LogP contribution in [-0.4, -0.2) is 42.3 Å². The summed E-state index contributed by atoms with van der Waals surface area (Å²) >= 11 is 0. The van der Waals surface area contributed by atoms with Crippen molar-refractivity contribution in [3.63, 3.8) is 0 Å². The zero-order valence-corrected chi connectivity index (χ0v) is 16.1. The second-order valence-electron chi connectivity index (χ2n) is 7.08. The van der Waals surface area contributed by atoms with Crippen LogP contribution in [0.2, 0.25) is 0 Å². The van der Waals surface area contributed by atoms with Crippen LogP contribution in [0.4, 0.5) is 0 Å². The molecule has 2 aliphatic rings. The van der Waals surface area contributed by atoms with Crippen molar-refractivity contribution in [1.29, 1.82) is 0 Å². The Morgan fingerprint density at radius 1 is 1.46 bits per heavy atom. The number of hydrogen-bond donors (Lipinski definition) is 0. The van der Waals surface area contributed by atoms with Gasteiger partial charge >= 0.3 is 5.97 Å². The quantitative estimate of drug-likeness (QED) is 0.542. The molecule has 24 heavy (non-hydrogen) atoms. The maximum atomic E-state index is 12.2. The summed E-state index contributed by atoms with van der Waals surface area (Å²) in [7, 11) is 1.82. The lowest BCUT2D eigenvalue weighted by atomic mass is 9.84. The summed E-state index contributed by atoms with van der Waals surface area (Å²) in [5.41, 5.74) is 2.08. The molecular weight excluding hydrogens is 302 g/mol. The fourth-order valence-electron chi connectivity index (χ4n) is 4.43. The lowest BCUT2D eigenvalue weighted by Gasteiger charge is -2.45. The molecular formula is C20H33NO3. The summed E-state index contributed by atoms with van der Waals surface area (Å²) in [6, 6.07) is 0.323.